The Bertz CT molecular complexity index is 352. The maximum atomic E-state index is 10.9. The number of nitrogens with one attached hydrogen (secondary N) is 1. The molecule has 0 radical (unpaired) electrons. The molecule has 74 valence electrons. The molecule has 0 aliphatic rings. The van der Waals surface area contributed by atoms with Crippen LogP contribution in [0.15, 0.2) is 30.5 Å². The van der Waals surface area contributed by atoms with Crippen LogP contribution in [-0.2, 0) is 4.84 Å². The van der Waals surface area contributed by atoms with Crippen LogP contribution in [0.4, 0.5) is 0 Å². The summed E-state index contributed by atoms with van der Waals surface area (Å²) in [6.07, 6.45) is 2.85. The second-order valence-electron chi connectivity index (χ2n) is 2.46. The first-order valence-electron chi connectivity index (χ1n) is 3.92. The van der Waals surface area contributed by atoms with Crippen molar-refractivity contribution in [2.24, 2.45) is 0 Å². The van der Waals surface area contributed by atoms with Gasteiger partial charge >= 0.3 is 0 Å². The number of halogens is 1. The minimum absolute atomic E-state index is 0.434. The largest absolute Gasteiger partial charge is 0.260 e. The summed E-state index contributed by atoms with van der Waals surface area (Å²) in [5.41, 5.74) is 2.85. The number of nitrogens with zero attached hydrogens (tertiary/aromatic N) is 1. The van der Waals surface area contributed by atoms with E-state index in [0.29, 0.717) is 9.89 Å². The molecule has 1 aromatic carbocycles. The number of rotatable bonds is 4. The van der Waals surface area contributed by atoms with E-state index < -0.39 is 0 Å². The lowest BCUT2D eigenvalue weighted by atomic mass is 10.2. The molecule has 5 heteroatoms. The van der Waals surface area contributed by atoms with Crippen molar-refractivity contribution >= 4 is 17.7 Å². The molecule has 14 heavy (non-hydrogen) atoms. The third-order valence-electron chi connectivity index (χ3n) is 1.48. The minimum atomic E-state index is 0.434. The zero-order chi connectivity index (χ0) is 10.4. The third-order valence-corrected chi connectivity index (χ3v) is 1.82. The topological polar surface area (TPSA) is 41.3 Å². The Hall–Kier alpha value is -1.39. The normalized spacial score (nSPS) is 10.4. The molecular formula is C9H10ClN2O2+. The Kier molecular flexibility index (Phi) is 4.10. The first-order chi connectivity index (χ1) is 6.74. The Labute approximate surface area is 86.6 Å². The monoisotopic (exact) mass is 213 g/mol. The maximum absolute atomic E-state index is 10.9. The fourth-order valence-electron chi connectivity index (χ4n) is 0.879. The van der Waals surface area contributed by atoms with E-state index in [9.17, 15) is 4.91 Å². The average molecular weight is 214 g/mol. The van der Waals surface area contributed by atoms with Crippen LogP contribution in [0, 0.1) is 4.91 Å². The van der Waals surface area contributed by atoms with Crippen molar-refractivity contribution in [1.82, 2.24) is 5.59 Å². The van der Waals surface area contributed by atoms with Crippen molar-refractivity contribution in [3.63, 3.8) is 0 Å². The van der Waals surface area contributed by atoms with Gasteiger partial charge in [0.1, 0.15) is 0 Å². The summed E-state index contributed by atoms with van der Waals surface area (Å²) in [7, 11) is 1.36. The quantitative estimate of drug-likeness (QED) is 0.616. The van der Waals surface area contributed by atoms with Gasteiger partial charge in [0, 0.05) is 11.1 Å². The summed E-state index contributed by atoms with van der Waals surface area (Å²) in [6, 6.07) is 7.21. The number of hydrogen-bond donors (Lipinski definition) is 1. The molecule has 4 nitrogen and oxygen atoms in total. The van der Waals surface area contributed by atoms with E-state index in [2.05, 4.69) is 10.4 Å². The van der Waals surface area contributed by atoms with Crippen LogP contribution in [0.3, 0.4) is 0 Å². The molecule has 0 saturated heterocycles. The molecule has 1 aromatic rings. The zero-order valence-electron chi connectivity index (χ0n) is 7.61. The molecule has 0 saturated carbocycles. The van der Waals surface area contributed by atoms with Crippen LogP contribution in [0.25, 0.3) is 6.08 Å². The van der Waals surface area contributed by atoms with Gasteiger partial charge in [0.25, 0.3) is 6.20 Å². The zero-order valence-corrected chi connectivity index (χ0v) is 8.36. The molecule has 0 aromatic heterocycles. The van der Waals surface area contributed by atoms with Crippen molar-refractivity contribution in [3.05, 3.63) is 46.0 Å². The van der Waals surface area contributed by atoms with E-state index in [1.807, 2.05) is 12.1 Å². The van der Waals surface area contributed by atoms with Crippen LogP contribution in [0.2, 0.25) is 5.02 Å². The molecule has 0 aliphatic carbocycles. The van der Waals surface area contributed by atoms with Gasteiger partial charge in [-0.1, -0.05) is 29.8 Å². The van der Waals surface area contributed by atoms with Crippen LogP contribution >= 0.6 is 11.6 Å². The second-order valence-corrected chi connectivity index (χ2v) is 2.87. The van der Waals surface area contributed by atoms with Gasteiger partial charge in [-0.3, -0.25) is 0 Å². The summed E-state index contributed by atoms with van der Waals surface area (Å²) < 4.78 is 0. The molecular weight excluding hydrogens is 204 g/mol. The lowest BCUT2D eigenvalue weighted by molar-refractivity contribution is -0.601. The number of hydrogen-bond acceptors (Lipinski definition) is 2. The second kappa shape index (κ2) is 5.36. The molecule has 0 heterocycles. The van der Waals surface area contributed by atoms with Gasteiger partial charge in [0.15, 0.2) is 4.87 Å². The molecule has 0 spiro atoms. The van der Waals surface area contributed by atoms with Gasteiger partial charge in [0.2, 0.25) is 0 Å². The van der Waals surface area contributed by atoms with Crippen LogP contribution in [0.5, 0.6) is 0 Å². The van der Waals surface area contributed by atoms with Gasteiger partial charge < -0.3 is 0 Å². The van der Waals surface area contributed by atoms with Gasteiger partial charge in [-0.05, 0) is 17.2 Å². The highest BCUT2D eigenvalue weighted by atomic mass is 35.5. The fraction of sp³-hybridized carbons (Fsp3) is 0.111. The first-order valence-corrected chi connectivity index (χ1v) is 4.29. The Morgan fingerprint density at radius 3 is 2.86 bits per heavy atom. The molecule has 0 fully saturated rings. The highest BCUT2D eigenvalue weighted by Crippen LogP contribution is 2.15. The lowest BCUT2D eigenvalue weighted by Crippen LogP contribution is -2.19. The molecule has 1 rings (SSSR count). The Morgan fingerprint density at radius 2 is 2.21 bits per heavy atom. The van der Waals surface area contributed by atoms with E-state index in [4.69, 9.17) is 11.6 Å². The van der Waals surface area contributed by atoms with Gasteiger partial charge in [-0.25, -0.2) is 4.84 Å². The lowest BCUT2D eigenvalue weighted by Gasteiger charge is -1.93. The fourth-order valence-corrected chi connectivity index (χ4v) is 1.08. The van der Waals surface area contributed by atoms with Gasteiger partial charge in [-0.15, -0.1) is 0 Å². The Balaban J connectivity index is 2.69. The number of hydrazine groups is 1. The third kappa shape index (κ3) is 3.16. The summed E-state index contributed by atoms with van der Waals surface area (Å²) in [6.45, 7) is 0. The molecule has 1 N–H and O–H groups in total. The molecule has 0 aliphatic heterocycles. The summed E-state index contributed by atoms with van der Waals surface area (Å²) in [4.78, 5) is 15.7. The van der Waals surface area contributed by atoms with E-state index in [0.717, 1.165) is 5.56 Å². The van der Waals surface area contributed by atoms with E-state index in [-0.39, 0.29) is 0 Å². The molecule has 0 unspecified atom stereocenters. The van der Waals surface area contributed by atoms with Crippen LogP contribution < -0.4 is 5.59 Å². The van der Waals surface area contributed by atoms with E-state index in [1.165, 1.54) is 13.3 Å². The van der Waals surface area contributed by atoms with Crippen molar-refractivity contribution in [3.8, 4) is 0 Å². The van der Waals surface area contributed by atoms with E-state index >= 15 is 0 Å². The predicted octanol–water partition coefficient (Wildman–Crippen LogP) is 2.16. The molecule has 0 amide bonds. The van der Waals surface area contributed by atoms with E-state index in [1.54, 1.807) is 18.2 Å². The molecule has 0 atom stereocenters. The van der Waals surface area contributed by atoms with Crippen molar-refractivity contribution < 1.29 is 9.71 Å². The standard InChI is InChI=1S/C9H10ClN2O2/c1-14-11-12(13)7-6-8-4-2-3-5-9(8)10/h2-7H,1H3,(H,11,13)/q+1/b7-6+. The van der Waals surface area contributed by atoms with Crippen molar-refractivity contribution in [1.29, 1.82) is 0 Å². The SMILES string of the molecule is CON[N+](=O)/C=C/c1ccccc1Cl. The average Bonchev–Trinajstić information content (AvgIpc) is 2.17. The highest BCUT2D eigenvalue weighted by Gasteiger charge is 2.00. The summed E-state index contributed by atoms with van der Waals surface area (Å²) in [5.74, 6) is 0. The molecule has 0 bridgehead atoms. The van der Waals surface area contributed by atoms with Crippen LogP contribution in [-0.4, -0.2) is 12.0 Å². The van der Waals surface area contributed by atoms with Crippen molar-refractivity contribution in [2.75, 3.05) is 7.11 Å². The predicted molar refractivity (Wildman–Crippen MR) is 54.3 cm³/mol. The highest BCUT2D eigenvalue weighted by molar-refractivity contribution is 6.32. The summed E-state index contributed by atoms with van der Waals surface area (Å²) >= 11 is 5.86. The maximum Gasteiger partial charge on any atom is 0.260 e. The van der Waals surface area contributed by atoms with Crippen molar-refractivity contribution in [2.45, 2.75) is 0 Å². The van der Waals surface area contributed by atoms with Crippen LogP contribution in [0.1, 0.15) is 5.56 Å². The van der Waals surface area contributed by atoms with Gasteiger partial charge in [0.05, 0.1) is 12.0 Å². The first kappa shape index (κ1) is 10.7. The van der Waals surface area contributed by atoms with Gasteiger partial charge in [-0.2, -0.15) is 0 Å². The Morgan fingerprint density at radius 1 is 1.50 bits per heavy atom. The summed E-state index contributed by atoms with van der Waals surface area (Å²) in [5, 5.41) is 0.592. The number of benzene rings is 1. The minimum Gasteiger partial charge on any atom is -0.228 e. The smallest absolute Gasteiger partial charge is 0.228 e. The number of nitroso groups, excluding NO2 is 1.